The number of para-hydroxylation sites is 1. The number of halogens is 1. The summed E-state index contributed by atoms with van der Waals surface area (Å²) in [5.41, 5.74) is -0.313. The van der Waals surface area contributed by atoms with Gasteiger partial charge in [-0.25, -0.2) is 4.39 Å². The largest absolute Gasteiger partial charge is 0.321 e. The van der Waals surface area contributed by atoms with Crippen LogP contribution >= 0.6 is 0 Å². The van der Waals surface area contributed by atoms with E-state index in [2.05, 4.69) is 0 Å². The van der Waals surface area contributed by atoms with Crippen molar-refractivity contribution in [2.75, 3.05) is 0 Å². The number of rotatable bonds is 3. The molecule has 0 aliphatic carbocycles. The molecule has 1 heterocycles. The third-order valence-corrected chi connectivity index (χ3v) is 2.87. The smallest absolute Gasteiger partial charge is 0.305 e. The van der Waals surface area contributed by atoms with Gasteiger partial charge in [-0.3, -0.25) is 14.2 Å². The van der Waals surface area contributed by atoms with Crippen molar-refractivity contribution in [2.45, 2.75) is 20.4 Å². The van der Waals surface area contributed by atoms with Crippen LogP contribution in [-0.4, -0.2) is 9.13 Å². The predicted molar refractivity (Wildman–Crippen MR) is 75.7 cm³/mol. The van der Waals surface area contributed by atoms with Crippen molar-refractivity contribution in [1.82, 2.24) is 9.13 Å². The minimum atomic E-state index is -0.764. The molecule has 1 aromatic carbocycles. The predicted octanol–water partition coefficient (Wildman–Crippen LogP) is 2.10. The van der Waals surface area contributed by atoms with Crippen molar-refractivity contribution in [3.63, 3.8) is 0 Å². The summed E-state index contributed by atoms with van der Waals surface area (Å²) in [5.74, 6) is -0.545. The van der Waals surface area contributed by atoms with E-state index in [1.165, 1.54) is 35.2 Å². The fourth-order valence-electron chi connectivity index (χ4n) is 1.77. The number of nitrogens with zero attached hydrogens (tertiary/aromatic N) is 2. The first-order chi connectivity index (χ1) is 9.50. The van der Waals surface area contributed by atoms with Crippen molar-refractivity contribution in [2.24, 2.45) is 0 Å². The van der Waals surface area contributed by atoms with Gasteiger partial charge in [0.15, 0.2) is 0 Å². The molecule has 0 amide bonds. The Morgan fingerprint density at radius 2 is 1.85 bits per heavy atom. The van der Waals surface area contributed by atoms with Gasteiger partial charge in [-0.1, -0.05) is 23.8 Å². The molecule has 2 aromatic rings. The molecule has 20 heavy (non-hydrogen) atoms. The molecule has 0 spiro atoms. The quantitative estimate of drug-likeness (QED) is 0.635. The molecule has 2 rings (SSSR count). The first-order valence-electron chi connectivity index (χ1n) is 6.21. The van der Waals surface area contributed by atoms with E-state index in [0.717, 1.165) is 10.1 Å². The summed E-state index contributed by atoms with van der Waals surface area (Å²) in [6.07, 6.45) is 4.73. The topological polar surface area (TPSA) is 44.0 Å². The monoisotopic (exact) mass is 274 g/mol. The second-order valence-electron chi connectivity index (χ2n) is 4.66. The molecule has 4 nitrogen and oxygen atoms in total. The lowest BCUT2D eigenvalue weighted by atomic mass is 10.3. The maximum atomic E-state index is 13.7. The molecule has 0 radical (unpaired) electrons. The lowest BCUT2D eigenvalue weighted by molar-refractivity contribution is 0.612. The fourth-order valence-corrected chi connectivity index (χ4v) is 1.77. The van der Waals surface area contributed by atoms with E-state index in [9.17, 15) is 14.0 Å². The number of benzene rings is 1. The van der Waals surface area contributed by atoms with Crippen LogP contribution in [0.1, 0.15) is 13.8 Å². The number of aromatic nitrogens is 2. The third-order valence-electron chi connectivity index (χ3n) is 2.87. The van der Waals surface area contributed by atoms with E-state index < -0.39 is 16.9 Å². The number of allylic oxidation sites excluding steroid dienone is 2. The van der Waals surface area contributed by atoms with Gasteiger partial charge >= 0.3 is 11.1 Å². The van der Waals surface area contributed by atoms with Crippen LogP contribution in [0.2, 0.25) is 0 Å². The molecular weight excluding hydrogens is 259 g/mol. The second-order valence-corrected chi connectivity index (χ2v) is 4.66. The summed E-state index contributed by atoms with van der Waals surface area (Å²) in [6, 6.07) is 5.84. The maximum absolute atomic E-state index is 13.7. The summed E-state index contributed by atoms with van der Waals surface area (Å²) in [5, 5.41) is 0. The molecule has 0 aliphatic rings. The Bertz CT molecular complexity index is 768. The van der Waals surface area contributed by atoms with Crippen LogP contribution in [0.4, 0.5) is 4.39 Å². The molecule has 0 unspecified atom stereocenters. The van der Waals surface area contributed by atoms with Crippen LogP contribution in [0.5, 0.6) is 0 Å². The van der Waals surface area contributed by atoms with Crippen molar-refractivity contribution in [3.05, 3.63) is 74.8 Å². The SMILES string of the molecule is CC(C)=CCn1ccn(-c2ccccc2F)c(=O)c1=O. The summed E-state index contributed by atoms with van der Waals surface area (Å²) in [7, 11) is 0. The lowest BCUT2D eigenvalue weighted by Crippen LogP contribution is -2.40. The fraction of sp³-hybridized carbons (Fsp3) is 0.200. The molecule has 104 valence electrons. The van der Waals surface area contributed by atoms with Gasteiger partial charge in [0.25, 0.3) is 0 Å². The van der Waals surface area contributed by atoms with E-state index in [1.807, 2.05) is 19.9 Å². The zero-order chi connectivity index (χ0) is 14.7. The highest BCUT2D eigenvalue weighted by Gasteiger charge is 2.09. The highest BCUT2D eigenvalue weighted by Crippen LogP contribution is 2.09. The first kappa shape index (κ1) is 14.0. The van der Waals surface area contributed by atoms with Gasteiger partial charge in [-0.05, 0) is 26.0 Å². The molecule has 0 atom stereocenters. The molecule has 5 heteroatoms. The van der Waals surface area contributed by atoms with Crippen LogP contribution < -0.4 is 11.1 Å². The van der Waals surface area contributed by atoms with Crippen LogP contribution in [0.25, 0.3) is 5.69 Å². The van der Waals surface area contributed by atoms with Gasteiger partial charge in [0.1, 0.15) is 5.82 Å². The Balaban J connectivity index is 2.53. The molecule has 0 fully saturated rings. The minimum absolute atomic E-state index is 0.0731. The first-order valence-corrected chi connectivity index (χ1v) is 6.21. The van der Waals surface area contributed by atoms with E-state index in [0.29, 0.717) is 6.54 Å². The molecule has 0 aliphatic heterocycles. The molecule has 0 N–H and O–H groups in total. The maximum Gasteiger partial charge on any atom is 0.321 e. The van der Waals surface area contributed by atoms with Crippen molar-refractivity contribution in [1.29, 1.82) is 0 Å². The Labute approximate surface area is 115 Å². The van der Waals surface area contributed by atoms with E-state index in [4.69, 9.17) is 0 Å². The van der Waals surface area contributed by atoms with Crippen molar-refractivity contribution < 1.29 is 4.39 Å². The molecule has 0 saturated heterocycles. The zero-order valence-corrected chi connectivity index (χ0v) is 11.3. The van der Waals surface area contributed by atoms with Crippen LogP contribution in [0, 0.1) is 5.82 Å². The standard InChI is InChI=1S/C15H15FN2O2/c1-11(2)7-8-17-9-10-18(15(20)14(17)19)13-6-4-3-5-12(13)16/h3-7,9-10H,8H2,1-2H3. The average Bonchev–Trinajstić information content (AvgIpc) is 2.41. The van der Waals surface area contributed by atoms with E-state index in [-0.39, 0.29) is 5.69 Å². The Kier molecular flexibility index (Phi) is 3.98. The van der Waals surface area contributed by atoms with Gasteiger partial charge in [0.2, 0.25) is 0 Å². The van der Waals surface area contributed by atoms with Crippen LogP contribution in [0.3, 0.4) is 0 Å². The van der Waals surface area contributed by atoms with Crippen LogP contribution in [0.15, 0.2) is 57.9 Å². The highest BCUT2D eigenvalue weighted by molar-refractivity contribution is 5.33. The zero-order valence-electron chi connectivity index (χ0n) is 11.3. The summed E-state index contributed by atoms with van der Waals surface area (Å²) >= 11 is 0. The van der Waals surface area contributed by atoms with Gasteiger partial charge in [-0.2, -0.15) is 0 Å². The number of hydrogen-bond acceptors (Lipinski definition) is 2. The van der Waals surface area contributed by atoms with Crippen LogP contribution in [-0.2, 0) is 6.54 Å². The Hall–Kier alpha value is -2.43. The highest BCUT2D eigenvalue weighted by atomic mass is 19.1. The summed E-state index contributed by atoms with van der Waals surface area (Å²) in [4.78, 5) is 24.0. The molecule has 0 bridgehead atoms. The average molecular weight is 274 g/mol. The molecule has 1 aromatic heterocycles. The number of hydrogen-bond donors (Lipinski definition) is 0. The van der Waals surface area contributed by atoms with Crippen molar-refractivity contribution >= 4 is 0 Å². The van der Waals surface area contributed by atoms with Gasteiger partial charge in [0.05, 0.1) is 5.69 Å². The van der Waals surface area contributed by atoms with Gasteiger partial charge in [-0.15, -0.1) is 0 Å². The van der Waals surface area contributed by atoms with E-state index >= 15 is 0 Å². The second kappa shape index (κ2) is 5.69. The summed E-state index contributed by atoms with van der Waals surface area (Å²) < 4.78 is 16.0. The van der Waals surface area contributed by atoms with Gasteiger partial charge in [0, 0.05) is 18.9 Å². The molecule has 0 saturated carbocycles. The third kappa shape index (κ3) is 2.77. The Morgan fingerprint density at radius 3 is 2.50 bits per heavy atom. The minimum Gasteiger partial charge on any atom is -0.305 e. The lowest BCUT2D eigenvalue weighted by Gasteiger charge is -2.08. The van der Waals surface area contributed by atoms with Crippen molar-refractivity contribution in [3.8, 4) is 5.69 Å². The Morgan fingerprint density at radius 1 is 1.15 bits per heavy atom. The van der Waals surface area contributed by atoms with E-state index in [1.54, 1.807) is 6.07 Å². The molecular formula is C15H15FN2O2. The van der Waals surface area contributed by atoms with Gasteiger partial charge < -0.3 is 4.57 Å². The summed E-state index contributed by atoms with van der Waals surface area (Å²) in [6.45, 7) is 4.14. The normalized spacial score (nSPS) is 10.3.